The SMILES string of the molecule is CC1Cc2ccccc2N(c2ncnc3cccc(-c4ccc(Cl)c(Cl)c4)c23)C1=O. The van der Waals surface area contributed by atoms with E-state index < -0.39 is 0 Å². The first-order chi connectivity index (χ1) is 14.5. The summed E-state index contributed by atoms with van der Waals surface area (Å²) in [4.78, 5) is 24.1. The molecule has 4 nitrogen and oxygen atoms in total. The number of amides is 1. The Bertz CT molecular complexity index is 1300. The number of carbonyl (C=O) groups is 1. The van der Waals surface area contributed by atoms with Crippen LogP contribution >= 0.6 is 23.2 Å². The highest BCUT2D eigenvalue weighted by Crippen LogP contribution is 2.41. The molecule has 0 fully saturated rings. The summed E-state index contributed by atoms with van der Waals surface area (Å²) in [5, 5.41) is 1.76. The van der Waals surface area contributed by atoms with Gasteiger partial charge in [0.25, 0.3) is 0 Å². The molecular formula is C24H17Cl2N3O. The number of para-hydroxylation sites is 1. The molecule has 1 amide bonds. The van der Waals surface area contributed by atoms with Crippen LogP contribution in [0.15, 0.2) is 67.0 Å². The van der Waals surface area contributed by atoms with Gasteiger partial charge in [0.15, 0.2) is 5.82 Å². The highest BCUT2D eigenvalue weighted by Gasteiger charge is 2.33. The first-order valence-corrected chi connectivity index (χ1v) is 10.4. The predicted octanol–water partition coefficient (Wildman–Crippen LogP) is 6.46. The summed E-state index contributed by atoms with van der Waals surface area (Å²) in [6.07, 6.45) is 2.22. The Balaban J connectivity index is 1.81. The molecule has 1 aliphatic rings. The fourth-order valence-electron chi connectivity index (χ4n) is 4.04. The van der Waals surface area contributed by atoms with Gasteiger partial charge in [0.1, 0.15) is 6.33 Å². The van der Waals surface area contributed by atoms with Crippen LogP contribution in [-0.4, -0.2) is 15.9 Å². The summed E-state index contributed by atoms with van der Waals surface area (Å²) < 4.78 is 0. The number of benzene rings is 3. The molecule has 1 aromatic heterocycles. The zero-order chi connectivity index (χ0) is 20.8. The van der Waals surface area contributed by atoms with E-state index >= 15 is 0 Å². The summed E-state index contributed by atoms with van der Waals surface area (Å²) in [6, 6.07) is 19.3. The van der Waals surface area contributed by atoms with Gasteiger partial charge >= 0.3 is 0 Å². The van der Waals surface area contributed by atoms with Crippen molar-refractivity contribution in [1.29, 1.82) is 0 Å². The highest BCUT2D eigenvalue weighted by molar-refractivity contribution is 6.42. The van der Waals surface area contributed by atoms with E-state index in [0.29, 0.717) is 22.3 Å². The lowest BCUT2D eigenvalue weighted by atomic mass is 9.92. The largest absolute Gasteiger partial charge is 0.274 e. The van der Waals surface area contributed by atoms with E-state index in [1.807, 2.05) is 55.5 Å². The average molecular weight is 434 g/mol. The monoisotopic (exact) mass is 433 g/mol. The summed E-state index contributed by atoms with van der Waals surface area (Å²) >= 11 is 12.4. The molecule has 0 N–H and O–H groups in total. The normalized spacial score (nSPS) is 16.0. The Kier molecular flexibility index (Phi) is 4.69. The molecular weight excluding hydrogens is 417 g/mol. The molecule has 0 saturated carbocycles. The minimum absolute atomic E-state index is 0.0256. The number of aromatic nitrogens is 2. The van der Waals surface area contributed by atoms with Crippen molar-refractivity contribution >= 4 is 51.5 Å². The van der Waals surface area contributed by atoms with Gasteiger partial charge in [-0.05, 0) is 47.4 Å². The summed E-state index contributed by atoms with van der Waals surface area (Å²) in [6.45, 7) is 1.95. The van der Waals surface area contributed by atoms with Crippen molar-refractivity contribution in [2.75, 3.05) is 4.90 Å². The number of nitrogens with zero attached hydrogens (tertiary/aromatic N) is 3. The molecule has 4 aromatic rings. The topological polar surface area (TPSA) is 46.1 Å². The smallest absolute Gasteiger partial charge is 0.235 e. The third-order valence-electron chi connectivity index (χ3n) is 5.49. The van der Waals surface area contributed by atoms with Gasteiger partial charge in [-0.1, -0.05) is 66.5 Å². The number of halogens is 2. The molecule has 0 bridgehead atoms. The van der Waals surface area contributed by atoms with Crippen LogP contribution in [0.2, 0.25) is 10.0 Å². The van der Waals surface area contributed by atoms with Crippen molar-refractivity contribution in [3.63, 3.8) is 0 Å². The van der Waals surface area contributed by atoms with Crippen molar-refractivity contribution in [3.8, 4) is 11.1 Å². The molecule has 2 heterocycles. The summed E-state index contributed by atoms with van der Waals surface area (Å²) in [5.41, 5.74) is 4.53. The fourth-order valence-corrected chi connectivity index (χ4v) is 4.34. The quantitative estimate of drug-likeness (QED) is 0.364. The molecule has 6 heteroatoms. The molecule has 30 heavy (non-hydrogen) atoms. The minimum atomic E-state index is -0.137. The molecule has 148 valence electrons. The van der Waals surface area contributed by atoms with Crippen LogP contribution in [0, 0.1) is 5.92 Å². The maximum atomic E-state index is 13.3. The van der Waals surface area contributed by atoms with E-state index in [0.717, 1.165) is 33.3 Å². The number of carbonyl (C=O) groups excluding carboxylic acids is 1. The van der Waals surface area contributed by atoms with Gasteiger partial charge in [0.05, 0.1) is 26.6 Å². The van der Waals surface area contributed by atoms with E-state index in [9.17, 15) is 4.79 Å². The zero-order valence-corrected chi connectivity index (χ0v) is 17.7. The molecule has 0 aliphatic carbocycles. The van der Waals surface area contributed by atoms with Crippen molar-refractivity contribution in [2.24, 2.45) is 5.92 Å². The maximum Gasteiger partial charge on any atom is 0.235 e. The third kappa shape index (κ3) is 3.04. The van der Waals surface area contributed by atoms with Crippen molar-refractivity contribution in [2.45, 2.75) is 13.3 Å². The van der Waals surface area contributed by atoms with Crippen LogP contribution in [-0.2, 0) is 11.2 Å². The molecule has 1 aliphatic heterocycles. The zero-order valence-electron chi connectivity index (χ0n) is 16.1. The highest BCUT2D eigenvalue weighted by atomic mass is 35.5. The summed E-state index contributed by atoms with van der Waals surface area (Å²) in [7, 11) is 0. The van der Waals surface area contributed by atoms with Crippen molar-refractivity contribution in [1.82, 2.24) is 9.97 Å². The number of fused-ring (bicyclic) bond motifs is 2. The molecule has 0 saturated heterocycles. The van der Waals surface area contributed by atoms with Crippen LogP contribution in [0.1, 0.15) is 12.5 Å². The molecule has 1 atom stereocenters. The van der Waals surface area contributed by atoms with Gasteiger partial charge in [-0.3, -0.25) is 9.69 Å². The van der Waals surface area contributed by atoms with E-state index in [4.69, 9.17) is 23.2 Å². The standard InChI is InChI=1S/C24H17Cl2N3O/c1-14-11-16-5-2-3-8-21(16)29(24(14)30)23-22-17(6-4-7-20(22)27-13-28-23)15-9-10-18(25)19(26)12-15/h2-10,12-14H,11H2,1H3. The number of hydrogen-bond acceptors (Lipinski definition) is 3. The molecule has 0 spiro atoms. The average Bonchev–Trinajstić information content (AvgIpc) is 2.76. The molecule has 1 unspecified atom stereocenters. The van der Waals surface area contributed by atoms with Gasteiger partial charge in [-0.2, -0.15) is 0 Å². The van der Waals surface area contributed by atoms with Crippen LogP contribution in [0.5, 0.6) is 0 Å². The second-order valence-electron chi connectivity index (χ2n) is 7.43. The lowest BCUT2D eigenvalue weighted by Gasteiger charge is -2.32. The van der Waals surface area contributed by atoms with Crippen molar-refractivity contribution < 1.29 is 4.79 Å². The second-order valence-corrected chi connectivity index (χ2v) is 8.25. The van der Waals surface area contributed by atoms with Crippen LogP contribution in [0.3, 0.4) is 0 Å². The van der Waals surface area contributed by atoms with Gasteiger partial charge in [0, 0.05) is 5.92 Å². The Morgan fingerprint density at radius 1 is 0.967 bits per heavy atom. The Labute approximate surface area is 184 Å². The predicted molar refractivity (Wildman–Crippen MR) is 121 cm³/mol. The van der Waals surface area contributed by atoms with Crippen LogP contribution in [0.25, 0.3) is 22.0 Å². The first-order valence-electron chi connectivity index (χ1n) is 9.65. The van der Waals surface area contributed by atoms with Crippen LogP contribution in [0.4, 0.5) is 11.5 Å². The Morgan fingerprint density at radius 2 is 1.80 bits per heavy atom. The fraction of sp³-hybridized carbons (Fsp3) is 0.125. The minimum Gasteiger partial charge on any atom is -0.274 e. The van der Waals surface area contributed by atoms with Crippen LogP contribution < -0.4 is 4.90 Å². The van der Waals surface area contributed by atoms with E-state index in [-0.39, 0.29) is 11.8 Å². The van der Waals surface area contributed by atoms with E-state index in [2.05, 4.69) is 16.0 Å². The lowest BCUT2D eigenvalue weighted by molar-refractivity contribution is -0.121. The van der Waals surface area contributed by atoms with Gasteiger partial charge in [-0.25, -0.2) is 9.97 Å². The second kappa shape index (κ2) is 7.38. The first kappa shape index (κ1) is 19.0. The maximum absolute atomic E-state index is 13.3. The van der Waals surface area contributed by atoms with Crippen molar-refractivity contribution in [3.05, 3.63) is 82.6 Å². The van der Waals surface area contributed by atoms with E-state index in [1.165, 1.54) is 6.33 Å². The molecule has 0 radical (unpaired) electrons. The Morgan fingerprint density at radius 3 is 2.63 bits per heavy atom. The van der Waals surface area contributed by atoms with Gasteiger partial charge in [-0.15, -0.1) is 0 Å². The molecule has 3 aromatic carbocycles. The third-order valence-corrected chi connectivity index (χ3v) is 6.22. The lowest BCUT2D eigenvalue weighted by Crippen LogP contribution is -2.37. The molecule has 5 rings (SSSR count). The number of rotatable bonds is 2. The Hall–Kier alpha value is -2.95. The number of hydrogen-bond donors (Lipinski definition) is 0. The van der Waals surface area contributed by atoms with Gasteiger partial charge < -0.3 is 0 Å². The van der Waals surface area contributed by atoms with Gasteiger partial charge in [0.2, 0.25) is 5.91 Å². The summed E-state index contributed by atoms with van der Waals surface area (Å²) in [5.74, 6) is 0.463. The number of anilines is 2. The van der Waals surface area contributed by atoms with E-state index in [1.54, 1.807) is 11.0 Å².